The Hall–Kier alpha value is -3.76. The number of nitrogens with zero attached hydrogens (tertiary/aromatic N) is 1. The summed E-state index contributed by atoms with van der Waals surface area (Å²) >= 11 is 0.853. The molecule has 2 amide bonds. The van der Waals surface area contributed by atoms with Gasteiger partial charge in [-0.3, -0.25) is 14.5 Å². The van der Waals surface area contributed by atoms with Crippen molar-refractivity contribution >= 4 is 39.1 Å². The standard InChI is InChI=1S/C27H25NO7S2/c1-4-34-24-15-20(9-14-23(24)35-37(31,32)22-12-10-21(33-3)11-13-22)16-25-26(29)28(27(30)36-25)17-19-7-5-18(2)6-8-19/h5-16H,4,17H2,1-3H3/b25-16-. The van der Waals surface area contributed by atoms with Crippen LogP contribution in [-0.4, -0.2) is 38.2 Å². The normalized spacial score (nSPS) is 14.8. The lowest BCUT2D eigenvalue weighted by Crippen LogP contribution is -2.27. The molecule has 37 heavy (non-hydrogen) atoms. The number of benzene rings is 3. The Morgan fingerprint density at radius 2 is 1.65 bits per heavy atom. The van der Waals surface area contributed by atoms with Gasteiger partial charge < -0.3 is 13.7 Å². The topological polar surface area (TPSA) is 99.2 Å². The van der Waals surface area contributed by atoms with Crippen molar-refractivity contribution in [3.8, 4) is 17.2 Å². The first-order chi connectivity index (χ1) is 17.7. The summed E-state index contributed by atoms with van der Waals surface area (Å²) in [6, 6.07) is 18.1. The van der Waals surface area contributed by atoms with Gasteiger partial charge in [0.1, 0.15) is 10.6 Å². The van der Waals surface area contributed by atoms with Crippen LogP contribution in [0, 0.1) is 6.92 Å². The number of amides is 2. The highest BCUT2D eigenvalue weighted by Gasteiger charge is 2.35. The van der Waals surface area contributed by atoms with Crippen molar-refractivity contribution < 1.29 is 31.7 Å². The van der Waals surface area contributed by atoms with E-state index < -0.39 is 16.0 Å². The Labute approximate surface area is 220 Å². The summed E-state index contributed by atoms with van der Waals surface area (Å²) in [6.45, 7) is 4.16. The van der Waals surface area contributed by atoms with Crippen LogP contribution in [0.5, 0.6) is 17.2 Å². The molecule has 10 heteroatoms. The third-order valence-corrected chi connectivity index (χ3v) is 7.60. The summed E-state index contributed by atoms with van der Waals surface area (Å²) in [4.78, 5) is 26.9. The quantitative estimate of drug-likeness (QED) is 0.263. The van der Waals surface area contributed by atoms with Crippen LogP contribution in [0.15, 0.2) is 76.5 Å². The molecule has 1 fully saturated rings. The van der Waals surface area contributed by atoms with E-state index >= 15 is 0 Å². The summed E-state index contributed by atoms with van der Waals surface area (Å²) in [6.07, 6.45) is 1.57. The zero-order valence-corrected chi connectivity index (χ0v) is 22.1. The molecule has 0 radical (unpaired) electrons. The van der Waals surface area contributed by atoms with E-state index in [9.17, 15) is 18.0 Å². The van der Waals surface area contributed by atoms with Crippen molar-refractivity contribution in [3.05, 3.63) is 88.3 Å². The highest BCUT2D eigenvalue weighted by atomic mass is 32.2. The molecule has 1 aliphatic rings. The van der Waals surface area contributed by atoms with Gasteiger partial charge in [0.2, 0.25) is 0 Å². The van der Waals surface area contributed by atoms with Gasteiger partial charge >= 0.3 is 10.1 Å². The molecule has 0 N–H and O–H groups in total. The van der Waals surface area contributed by atoms with Crippen LogP contribution in [0.4, 0.5) is 4.79 Å². The van der Waals surface area contributed by atoms with Gasteiger partial charge in [-0.1, -0.05) is 35.9 Å². The smallest absolute Gasteiger partial charge is 0.339 e. The first-order valence-corrected chi connectivity index (χ1v) is 13.6. The van der Waals surface area contributed by atoms with Gasteiger partial charge in [-0.05, 0) is 79.2 Å². The van der Waals surface area contributed by atoms with Gasteiger partial charge in [-0.2, -0.15) is 8.42 Å². The fourth-order valence-corrected chi connectivity index (χ4v) is 5.30. The van der Waals surface area contributed by atoms with Crippen LogP contribution in [0.3, 0.4) is 0 Å². The third-order valence-electron chi connectivity index (χ3n) is 5.45. The summed E-state index contributed by atoms with van der Waals surface area (Å²) in [5.74, 6) is 0.312. The summed E-state index contributed by atoms with van der Waals surface area (Å²) in [7, 11) is -2.64. The van der Waals surface area contributed by atoms with Gasteiger partial charge in [0.15, 0.2) is 11.5 Å². The first-order valence-electron chi connectivity index (χ1n) is 11.4. The van der Waals surface area contributed by atoms with Gasteiger partial charge in [0.25, 0.3) is 11.1 Å². The molecule has 1 heterocycles. The molecule has 192 valence electrons. The number of methoxy groups -OCH3 is 1. The SMILES string of the molecule is CCOc1cc(/C=C2\SC(=O)N(Cc3ccc(C)cc3)C2=O)ccc1OS(=O)(=O)c1ccc(OC)cc1. The van der Waals surface area contributed by atoms with Crippen molar-refractivity contribution in [3.63, 3.8) is 0 Å². The van der Waals surface area contributed by atoms with Crippen LogP contribution >= 0.6 is 11.8 Å². The minimum Gasteiger partial charge on any atom is -0.497 e. The molecule has 3 aromatic carbocycles. The number of aryl methyl sites for hydroxylation is 1. The van der Waals surface area contributed by atoms with Gasteiger partial charge in [0, 0.05) is 0 Å². The Morgan fingerprint density at radius 3 is 2.30 bits per heavy atom. The van der Waals surface area contributed by atoms with Gasteiger partial charge in [0.05, 0.1) is 25.2 Å². The maximum Gasteiger partial charge on any atom is 0.339 e. The van der Waals surface area contributed by atoms with Crippen LogP contribution < -0.4 is 13.7 Å². The molecule has 0 unspecified atom stereocenters. The molecule has 0 saturated carbocycles. The number of imide groups is 1. The number of ether oxygens (including phenoxy) is 2. The van der Waals surface area contributed by atoms with Crippen molar-refractivity contribution in [1.29, 1.82) is 0 Å². The molecule has 0 aliphatic carbocycles. The van der Waals surface area contributed by atoms with Crippen LogP contribution in [0.2, 0.25) is 0 Å². The molecule has 4 rings (SSSR count). The van der Waals surface area contributed by atoms with Crippen LogP contribution in [-0.2, 0) is 21.5 Å². The third kappa shape index (κ3) is 6.15. The molecule has 0 bridgehead atoms. The highest BCUT2D eigenvalue weighted by Crippen LogP contribution is 2.36. The maximum absolute atomic E-state index is 12.9. The maximum atomic E-state index is 12.9. The van der Waals surface area contributed by atoms with Crippen molar-refractivity contribution in [2.24, 2.45) is 0 Å². The molecular formula is C27H25NO7S2. The number of carbonyl (C=O) groups is 2. The predicted molar refractivity (Wildman–Crippen MR) is 141 cm³/mol. The van der Waals surface area contributed by atoms with E-state index in [0.29, 0.717) is 11.3 Å². The monoisotopic (exact) mass is 539 g/mol. The Balaban J connectivity index is 1.55. The zero-order chi connectivity index (χ0) is 26.6. The minimum atomic E-state index is -4.13. The van der Waals surface area contributed by atoms with Gasteiger partial charge in [-0.25, -0.2) is 0 Å². The first kappa shape index (κ1) is 26.3. The highest BCUT2D eigenvalue weighted by molar-refractivity contribution is 8.18. The second-order valence-electron chi connectivity index (χ2n) is 8.11. The fraction of sp³-hybridized carbons (Fsp3) is 0.185. The van der Waals surface area contributed by atoms with E-state index in [4.69, 9.17) is 13.7 Å². The zero-order valence-electron chi connectivity index (χ0n) is 20.5. The van der Waals surface area contributed by atoms with E-state index in [-0.39, 0.29) is 39.7 Å². The van der Waals surface area contributed by atoms with E-state index in [2.05, 4.69) is 0 Å². The molecule has 3 aromatic rings. The lowest BCUT2D eigenvalue weighted by molar-refractivity contribution is -0.123. The summed E-state index contributed by atoms with van der Waals surface area (Å²) < 4.78 is 41.6. The fourth-order valence-electron chi connectivity index (χ4n) is 3.52. The predicted octanol–water partition coefficient (Wildman–Crippen LogP) is 5.41. The van der Waals surface area contributed by atoms with Crippen LogP contribution in [0.1, 0.15) is 23.6 Å². The summed E-state index contributed by atoms with van der Waals surface area (Å²) in [5, 5.41) is -0.354. The number of rotatable bonds is 9. The van der Waals surface area contributed by atoms with Gasteiger partial charge in [-0.15, -0.1) is 0 Å². The molecule has 1 aliphatic heterocycles. The second kappa shape index (κ2) is 11.1. The molecular weight excluding hydrogens is 514 g/mol. The molecule has 0 aromatic heterocycles. The van der Waals surface area contributed by atoms with Crippen LogP contribution in [0.25, 0.3) is 6.08 Å². The van der Waals surface area contributed by atoms with E-state index in [0.717, 1.165) is 22.9 Å². The van der Waals surface area contributed by atoms with Crippen molar-refractivity contribution in [1.82, 2.24) is 4.90 Å². The molecule has 1 saturated heterocycles. The van der Waals surface area contributed by atoms with Crippen molar-refractivity contribution in [2.45, 2.75) is 25.3 Å². The number of hydrogen-bond acceptors (Lipinski definition) is 8. The lowest BCUT2D eigenvalue weighted by atomic mass is 10.1. The average molecular weight is 540 g/mol. The van der Waals surface area contributed by atoms with E-state index in [1.54, 1.807) is 25.1 Å². The summed E-state index contributed by atoms with van der Waals surface area (Å²) in [5.41, 5.74) is 2.50. The lowest BCUT2D eigenvalue weighted by Gasteiger charge is -2.13. The molecule has 0 atom stereocenters. The molecule has 0 spiro atoms. The van der Waals surface area contributed by atoms with E-state index in [1.807, 2.05) is 31.2 Å². The largest absolute Gasteiger partial charge is 0.497 e. The number of hydrogen-bond donors (Lipinski definition) is 0. The Kier molecular flexibility index (Phi) is 7.89. The second-order valence-corrected chi connectivity index (χ2v) is 10.6. The Bertz CT molecular complexity index is 1450. The number of thioether (sulfide) groups is 1. The number of carbonyl (C=O) groups excluding carboxylic acids is 2. The average Bonchev–Trinajstić information content (AvgIpc) is 3.14. The molecule has 8 nitrogen and oxygen atoms in total. The van der Waals surface area contributed by atoms with Crippen molar-refractivity contribution in [2.75, 3.05) is 13.7 Å². The minimum absolute atomic E-state index is 0.00212. The Morgan fingerprint density at radius 1 is 0.946 bits per heavy atom. The van der Waals surface area contributed by atoms with E-state index in [1.165, 1.54) is 42.3 Å².